The van der Waals surface area contributed by atoms with E-state index in [4.69, 9.17) is 23.2 Å². The SMILES string of the molecule is Clc1ccc(Cl)c([C]2CC2)c1. The van der Waals surface area contributed by atoms with Crippen LogP contribution in [-0.2, 0) is 0 Å². The molecule has 0 unspecified atom stereocenters. The van der Waals surface area contributed by atoms with Crippen molar-refractivity contribution < 1.29 is 0 Å². The van der Waals surface area contributed by atoms with Crippen LogP contribution in [0.2, 0.25) is 10.0 Å². The second-order valence-corrected chi connectivity index (χ2v) is 3.57. The molecule has 0 saturated heterocycles. The Morgan fingerprint density at radius 1 is 1.09 bits per heavy atom. The predicted octanol–water partition coefficient (Wildman–Crippen LogP) is 3.71. The first-order valence-electron chi connectivity index (χ1n) is 3.57. The number of halogens is 2. The Balaban J connectivity index is 2.42. The number of benzene rings is 1. The van der Waals surface area contributed by atoms with E-state index in [9.17, 15) is 0 Å². The molecule has 1 aliphatic carbocycles. The van der Waals surface area contributed by atoms with E-state index >= 15 is 0 Å². The lowest BCUT2D eigenvalue weighted by Crippen LogP contribution is -1.80. The van der Waals surface area contributed by atoms with Gasteiger partial charge in [0.2, 0.25) is 0 Å². The molecule has 0 atom stereocenters. The highest BCUT2D eigenvalue weighted by Crippen LogP contribution is 2.42. The summed E-state index contributed by atoms with van der Waals surface area (Å²) < 4.78 is 0. The molecule has 1 aliphatic rings. The fraction of sp³-hybridized carbons (Fsp3) is 0.222. The van der Waals surface area contributed by atoms with Gasteiger partial charge in [-0.2, -0.15) is 0 Å². The molecule has 0 amide bonds. The van der Waals surface area contributed by atoms with Gasteiger partial charge < -0.3 is 0 Å². The average Bonchev–Trinajstić information content (AvgIpc) is 2.76. The van der Waals surface area contributed by atoms with Gasteiger partial charge in [0.05, 0.1) is 0 Å². The third kappa shape index (κ3) is 1.52. The lowest BCUT2D eigenvalue weighted by atomic mass is 10.1. The molecule has 0 aromatic heterocycles. The van der Waals surface area contributed by atoms with Crippen LogP contribution in [-0.4, -0.2) is 0 Å². The summed E-state index contributed by atoms with van der Waals surface area (Å²) in [6.45, 7) is 0. The zero-order chi connectivity index (χ0) is 7.84. The molecule has 2 heteroatoms. The first-order valence-corrected chi connectivity index (χ1v) is 4.33. The minimum absolute atomic E-state index is 0.767. The van der Waals surface area contributed by atoms with E-state index in [0.29, 0.717) is 0 Å². The highest BCUT2D eigenvalue weighted by Gasteiger charge is 2.26. The number of rotatable bonds is 1. The third-order valence-electron chi connectivity index (χ3n) is 1.81. The summed E-state index contributed by atoms with van der Waals surface area (Å²) in [6, 6.07) is 5.60. The fourth-order valence-corrected chi connectivity index (χ4v) is 1.52. The van der Waals surface area contributed by atoms with Gasteiger partial charge in [-0.3, -0.25) is 0 Å². The molecule has 0 heterocycles. The van der Waals surface area contributed by atoms with Gasteiger partial charge in [-0.1, -0.05) is 23.2 Å². The summed E-state index contributed by atoms with van der Waals surface area (Å²) in [5, 5.41) is 1.59. The summed E-state index contributed by atoms with van der Waals surface area (Å²) in [7, 11) is 0. The van der Waals surface area contributed by atoms with Crippen LogP contribution < -0.4 is 0 Å². The van der Waals surface area contributed by atoms with E-state index in [1.54, 1.807) is 0 Å². The van der Waals surface area contributed by atoms with E-state index in [-0.39, 0.29) is 0 Å². The topological polar surface area (TPSA) is 0 Å². The summed E-state index contributed by atoms with van der Waals surface area (Å²) in [5.41, 5.74) is 1.14. The van der Waals surface area contributed by atoms with Crippen LogP contribution in [0, 0.1) is 5.92 Å². The highest BCUT2D eigenvalue weighted by molar-refractivity contribution is 6.33. The molecule has 0 nitrogen and oxygen atoms in total. The van der Waals surface area contributed by atoms with Crippen molar-refractivity contribution in [2.75, 3.05) is 0 Å². The van der Waals surface area contributed by atoms with Gasteiger partial charge in [-0.25, -0.2) is 0 Å². The molecule has 0 bridgehead atoms. The maximum Gasteiger partial charge on any atom is 0.0445 e. The largest absolute Gasteiger partial charge is 0.0843 e. The fourth-order valence-electron chi connectivity index (χ4n) is 1.10. The van der Waals surface area contributed by atoms with Gasteiger partial charge >= 0.3 is 0 Å². The van der Waals surface area contributed by atoms with E-state index in [2.05, 4.69) is 0 Å². The molecule has 1 radical (unpaired) electrons. The predicted molar refractivity (Wildman–Crippen MR) is 48.0 cm³/mol. The molecule has 1 aromatic carbocycles. The highest BCUT2D eigenvalue weighted by atomic mass is 35.5. The van der Waals surface area contributed by atoms with E-state index in [0.717, 1.165) is 15.6 Å². The molecule has 0 N–H and O–H groups in total. The van der Waals surface area contributed by atoms with Crippen LogP contribution in [0.1, 0.15) is 18.4 Å². The van der Waals surface area contributed by atoms with E-state index in [1.807, 2.05) is 18.2 Å². The Bertz CT molecular complexity index is 277. The standard InChI is InChI=1S/C9H7Cl2/c10-7-3-4-9(11)8(5-7)6-1-2-6/h3-5H,1-2H2. The van der Waals surface area contributed by atoms with Crippen LogP contribution in [0.4, 0.5) is 0 Å². The Kier molecular flexibility index (Phi) is 1.82. The van der Waals surface area contributed by atoms with Gasteiger partial charge in [0, 0.05) is 16.0 Å². The van der Waals surface area contributed by atoms with Crippen molar-refractivity contribution >= 4 is 23.2 Å². The lowest BCUT2D eigenvalue weighted by Gasteiger charge is -2.00. The van der Waals surface area contributed by atoms with Crippen LogP contribution in [0.5, 0.6) is 0 Å². The molecule has 0 aliphatic heterocycles. The van der Waals surface area contributed by atoms with Gasteiger partial charge in [0.15, 0.2) is 0 Å². The van der Waals surface area contributed by atoms with Crippen molar-refractivity contribution in [3.05, 3.63) is 39.7 Å². The van der Waals surface area contributed by atoms with Gasteiger partial charge in [-0.05, 0) is 36.6 Å². The summed E-state index contributed by atoms with van der Waals surface area (Å²) >= 11 is 11.8. The summed E-state index contributed by atoms with van der Waals surface area (Å²) in [6.07, 6.45) is 2.36. The Labute approximate surface area is 76.1 Å². The molecule has 1 fully saturated rings. The number of hydrogen-bond donors (Lipinski definition) is 0. The Morgan fingerprint density at radius 3 is 2.45 bits per heavy atom. The van der Waals surface area contributed by atoms with Crippen LogP contribution in [0.15, 0.2) is 18.2 Å². The molecule has 2 rings (SSSR count). The zero-order valence-corrected chi connectivity index (χ0v) is 7.41. The third-order valence-corrected chi connectivity index (χ3v) is 2.37. The average molecular weight is 186 g/mol. The molecule has 0 spiro atoms. The lowest BCUT2D eigenvalue weighted by molar-refractivity contribution is 1.41. The van der Waals surface area contributed by atoms with Crippen molar-refractivity contribution in [3.8, 4) is 0 Å². The minimum Gasteiger partial charge on any atom is -0.0843 e. The summed E-state index contributed by atoms with van der Waals surface area (Å²) in [5.74, 6) is 1.43. The van der Waals surface area contributed by atoms with Crippen molar-refractivity contribution in [2.24, 2.45) is 0 Å². The molecule has 57 valence electrons. The molecule has 1 aromatic rings. The van der Waals surface area contributed by atoms with E-state index < -0.39 is 0 Å². The maximum atomic E-state index is 5.95. The normalized spacial score (nSPS) is 16.9. The van der Waals surface area contributed by atoms with Crippen molar-refractivity contribution in [2.45, 2.75) is 12.8 Å². The first kappa shape index (κ1) is 7.45. The van der Waals surface area contributed by atoms with Gasteiger partial charge in [0.25, 0.3) is 0 Å². The first-order chi connectivity index (χ1) is 5.27. The zero-order valence-electron chi connectivity index (χ0n) is 5.90. The van der Waals surface area contributed by atoms with Crippen molar-refractivity contribution in [1.82, 2.24) is 0 Å². The molecular weight excluding hydrogens is 179 g/mol. The second kappa shape index (κ2) is 2.69. The Hall–Kier alpha value is -0.200. The van der Waals surface area contributed by atoms with Crippen molar-refractivity contribution in [3.63, 3.8) is 0 Å². The minimum atomic E-state index is 0.767. The van der Waals surface area contributed by atoms with E-state index in [1.165, 1.54) is 18.8 Å². The quantitative estimate of drug-likeness (QED) is 0.627. The molecule has 11 heavy (non-hydrogen) atoms. The molecule has 1 saturated carbocycles. The number of hydrogen-bond acceptors (Lipinski definition) is 0. The second-order valence-electron chi connectivity index (χ2n) is 2.73. The van der Waals surface area contributed by atoms with Gasteiger partial charge in [-0.15, -0.1) is 0 Å². The van der Waals surface area contributed by atoms with Gasteiger partial charge in [0.1, 0.15) is 0 Å². The van der Waals surface area contributed by atoms with Crippen LogP contribution >= 0.6 is 23.2 Å². The molecular formula is C9H7Cl2. The van der Waals surface area contributed by atoms with Crippen LogP contribution in [0.25, 0.3) is 0 Å². The maximum absolute atomic E-state index is 5.95. The van der Waals surface area contributed by atoms with Crippen LogP contribution in [0.3, 0.4) is 0 Å². The monoisotopic (exact) mass is 185 g/mol. The summed E-state index contributed by atoms with van der Waals surface area (Å²) in [4.78, 5) is 0. The van der Waals surface area contributed by atoms with Crippen molar-refractivity contribution in [1.29, 1.82) is 0 Å². The Morgan fingerprint density at radius 2 is 1.82 bits per heavy atom. The smallest absolute Gasteiger partial charge is 0.0445 e.